The predicted molar refractivity (Wildman–Crippen MR) is 41.0 cm³/mol. The van der Waals surface area contributed by atoms with E-state index < -0.39 is 0 Å². The Morgan fingerprint density at radius 1 is 1.36 bits per heavy atom. The van der Waals surface area contributed by atoms with Crippen LogP contribution >= 0.6 is 0 Å². The molecule has 0 aromatic rings. The van der Waals surface area contributed by atoms with Crippen LogP contribution in [0.2, 0.25) is 0 Å². The topological polar surface area (TPSA) is 26.3 Å². The van der Waals surface area contributed by atoms with Crippen molar-refractivity contribution >= 4 is 5.97 Å². The highest BCUT2D eigenvalue weighted by molar-refractivity contribution is 5.66. The summed E-state index contributed by atoms with van der Waals surface area (Å²) in [6.07, 6.45) is 5.35. The Balaban J connectivity index is 1.92. The van der Waals surface area contributed by atoms with Crippen LogP contribution in [0.3, 0.4) is 0 Å². The van der Waals surface area contributed by atoms with Crippen LogP contribution in [0.4, 0.5) is 0 Å². The minimum atomic E-state index is -0.109. The molecule has 62 valence electrons. The number of fused-ring (bicyclic) bond motifs is 2. The number of carbonyl (C=O) groups excluding carboxylic acids is 1. The van der Waals surface area contributed by atoms with Crippen molar-refractivity contribution in [1.29, 1.82) is 0 Å². The number of esters is 1. The van der Waals surface area contributed by atoms with E-state index in [2.05, 4.69) is 0 Å². The first kappa shape index (κ1) is 7.14. The van der Waals surface area contributed by atoms with Crippen LogP contribution in [0.15, 0.2) is 0 Å². The lowest BCUT2D eigenvalue weighted by Crippen LogP contribution is -2.22. The van der Waals surface area contributed by atoms with Gasteiger partial charge < -0.3 is 4.74 Å². The van der Waals surface area contributed by atoms with Gasteiger partial charge in [0.25, 0.3) is 0 Å². The molecule has 2 aliphatic carbocycles. The minimum absolute atomic E-state index is 0.109. The minimum Gasteiger partial charge on any atom is -0.462 e. The third-order valence-electron chi connectivity index (χ3n) is 2.99. The van der Waals surface area contributed by atoms with Crippen LogP contribution in [0.25, 0.3) is 0 Å². The van der Waals surface area contributed by atoms with Crippen molar-refractivity contribution in [3.8, 4) is 0 Å². The Bertz CT molecular complexity index is 176. The van der Waals surface area contributed by atoms with E-state index in [1.165, 1.54) is 26.2 Å². The molecule has 2 saturated carbocycles. The van der Waals surface area contributed by atoms with Crippen LogP contribution in [-0.2, 0) is 9.53 Å². The van der Waals surface area contributed by atoms with Crippen LogP contribution < -0.4 is 0 Å². The van der Waals surface area contributed by atoms with Crippen LogP contribution in [0.5, 0.6) is 0 Å². The molecular formula is C9H14O2. The van der Waals surface area contributed by atoms with Crippen LogP contribution in [-0.4, -0.2) is 12.1 Å². The predicted octanol–water partition coefficient (Wildman–Crippen LogP) is 1.74. The maximum Gasteiger partial charge on any atom is 0.302 e. The van der Waals surface area contributed by atoms with Crippen molar-refractivity contribution in [2.24, 2.45) is 11.8 Å². The molecule has 2 nitrogen and oxygen atoms in total. The second-order valence-electron chi connectivity index (χ2n) is 3.82. The van der Waals surface area contributed by atoms with Gasteiger partial charge in [-0.05, 0) is 37.5 Å². The number of rotatable bonds is 1. The van der Waals surface area contributed by atoms with Gasteiger partial charge >= 0.3 is 5.97 Å². The van der Waals surface area contributed by atoms with E-state index in [4.69, 9.17) is 4.74 Å². The molecule has 2 bridgehead atoms. The highest BCUT2D eigenvalue weighted by Gasteiger charge is 2.41. The monoisotopic (exact) mass is 154 g/mol. The number of carbonyl (C=O) groups is 1. The third-order valence-corrected chi connectivity index (χ3v) is 2.99. The van der Waals surface area contributed by atoms with Crippen molar-refractivity contribution < 1.29 is 9.53 Å². The molecule has 2 rings (SSSR count). The number of hydrogen-bond acceptors (Lipinski definition) is 2. The first-order valence-electron chi connectivity index (χ1n) is 4.43. The molecule has 0 spiro atoms. The standard InChI is InChI=1S/C9H14O2/c1-6(10)11-9-5-7-2-3-8(9)4-7/h7-9H,2-5H2,1H3/t7-,8+,9-/m0/s1. The molecule has 11 heavy (non-hydrogen) atoms. The lowest BCUT2D eigenvalue weighted by atomic mass is 9.98. The van der Waals surface area contributed by atoms with Crippen molar-refractivity contribution in [1.82, 2.24) is 0 Å². The first-order chi connectivity index (χ1) is 5.25. The van der Waals surface area contributed by atoms with Gasteiger partial charge in [0.2, 0.25) is 0 Å². The number of ether oxygens (including phenoxy) is 1. The van der Waals surface area contributed by atoms with Gasteiger partial charge in [0.15, 0.2) is 0 Å². The normalized spacial score (nSPS) is 41.0. The zero-order chi connectivity index (χ0) is 7.84. The highest BCUT2D eigenvalue weighted by atomic mass is 16.5. The van der Waals surface area contributed by atoms with E-state index in [0.29, 0.717) is 5.92 Å². The summed E-state index contributed by atoms with van der Waals surface area (Å²) in [4.78, 5) is 10.7. The van der Waals surface area contributed by atoms with Gasteiger partial charge in [0, 0.05) is 6.92 Å². The maximum absolute atomic E-state index is 10.7. The van der Waals surface area contributed by atoms with Gasteiger partial charge in [0.05, 0.1) is 0 Å². The molecule has 0 heterocycles. The third kappa shape index (κ3) is 1.26. The van der Waals surface area contributed by atoms with Gasteiger partial charge in [-0.3, -0.25) is 4.79 Å². The van der Waals surface area contributed by atoms with Gasteiger partial charge in [0.1, 0.15) is 6.10 Å². The highest BCUT2D eigenvalue weighted by Crippen LogP contribution is 2.45. The van der Waals surface area contributed by atoms with Crippen molar-refractivity contribution in [3.63, 3.8) is 0 Å². The quantitative estimate of drug-likeness (QED) is 0.538. The average Bonchev–Trinajstić information content (AvgIpc) is 2.45. The smallest absolute Gasteiger partial charge is 0.302 e. The lowest BCUT2D eigenvalue weighted by molar-refractivity contribution is -0.148. The molecule has 2 fully saturated rings. The van der Waals surface area contributed by atoms with Crippen LogP contribution in [0, 0.1) is 11.8 Å². The van der Waals surface area contributed by atoms with E-state index in [1.807, 2.05) is 0 Å². The second kappa shape index (κ2) is 2.50. The van der Waals surface area contributed by atoms with E-state index in [1.54, 1.807) is 0 Å². The van der Waals surface area contributed by atoms with Gasteiger partial charge in [-0.1, -0.05) is 0 Å². The Morgan fingerprint density at radius 3 is 2.64 bits per heavy atom. The largest absolute Gasteiger partial charge is 0.462 e. The lowest BCUT2D eigenvalue weighted by Gasteiger charge is -2.20. The molecule has 0 saturated heterocycles. The molecule has 3 atom stereocenters. The van der Waals surface area contributed by atoms with E-state index in [0.717, 1.165) is 12.3 Å². The Morgan fingerprint density at radius 2 is 2.18 bits per heavy atom. The SMILES string of the molecule is CC(=O)O[C@H]1C[C@H]2CC[C@@H]1C2. The van der Waals surface area contributed by atoms with Crippen molar-refractivity contribution in [2.75, 3.05) is 0 Å². The maximum atomic E-state index is 10.7. The van der Waals surface area contributed by atoms with Crippen molar-refractivity contribution in [3.05, 3.63) is 0 Å². The molecule has 0 aliphatic heterocycles. The fourth-order valence-electron chi connectivity index (χ4n) is 2.54. The Hall–Kier alpha value is -0.530. The molecule has 2 aliphatic rings. The fraction of sp³-hybridized carbons (Fsp3) is 0.889. The summed E-state index contributed by atoms with van der Waals surface area (Å²) >= 11 is 0. The molecule has 0 unspecified atom stereocenters. The van der Waals surface area contributed by atoms with Crippen molar-refractivity contribution in [2.45, 2.75) is 38.7 Å². The van der Waals surface area contributed by atoms with Gasteiger partial charge in [-0.15, -0.1) is 0 Å². The molecule has 0 amide bonds. The Kier molecular flexibility index (Phi) is 1.63. The first-order valence-corrected chi connectivity index (χ1v) is 4.43. The van der Waals surface area contributed by atoms with Crippen LogP contribution in [0.1, 0.15) is 32.6 Å². The van der Waals surface area contributed by atoms with Gasteiger partial charge in [-0.2, -0.15) is 0 Å². The van der Waals surface area contributed by atoms with Gasteiger partial charge in [-0.25, -0.2) is 0 Å². The molecular weight excluding hydrogens is 140 g/mol. The molecule has 0 N–H and O–H groups in total. The fourth-order valence-corrected chi connectivity index (χ4v) is 2.54. The summed E-state index contributed by atoms with van der Waals surface area (Å²) in [6.45, 7) is 1.51. The summed E-state index contributed by atoms with van der Waals surface area (Å²) in [5, 5.41) is 0. The summed E-state index contributed by atoms with van der Waals surface area (Å²) in [5.41, 5.74) is 0. The average molecular weight is 154 g/mol. The Labute approximate surface area is 66.9 Å². The van der Waals surface area contributed by atoms with E-state index in [-0.39, 0.29) is 12.1 Å². The van der Waals surface area contributed by atoms with E-state index in [9.17, 15) is 4.79 Å². The summed E-state index contributed by atoms with van der Waals surface area (Å²) in [5.74, 6) is 1.45. The summed E-state index contributed by atoms with van der Waals surface area (Å²) < 4.78 is 5.21. The van der Waals surface area contributed by atoms with E-state index >= 15 is 0 Å². The number of hydrogen-bond donors (Lipinski definition) is 0. The molecule has 0 radical (unpaired) electrons. The summed E-state index contributed by atoms with van der Waals surface area (Å²) in [6, 6.07) is 0. The zero-order valence-corrected chi connectivity index (χ0v) is 6.88. The second-order valence-corrected chi connectivity index (χ2v) is 3.82. The summed E-state index contributed by atoms with van der Waals surface area (Å²) in [7, 11) is 0. The molecule has 0 aromatic heterocycles. The molecule has 2 heteroatoms. The zero-order valence-electron chi connectivity index (χ0n) is 6.88. The molecule has 0 aromatic carbocycles.